The maximum Gasteiger partial charge on any atom is 0.265 e. The van der Waals surface area contributed by atoms with E-state index in [1.54, 1.807) is 54.3 Å². The van der Waals surface area contributed by atoms with Gasteiger partial charge in [-0.25, -0.2) is 12.8 Å². The largest absolute Gasteiger partial charge is 0.492 e. The number of rotatable bonds is 7. The number of nitrogens with zero attached hydrogens (tertiary/aromatic N) is 1. The lowest BCUT2D eigenvalue weighted by Gasteiger charge is -2.33. The number of likely N-dealkylation sites (tertiary alicyclic amines) is 1. The Morgan fingerprint density at radius 2 is 1.72 bits per heavy atom. The molecule has 3 aromatic carbocycles. The van der Waals surface area contributed by atoms with Gasteiger partial charge in [-0.3, -0.25) is 9.52 Å². The number of ether oxygens (including phenoxy) is 1. The first kappa shape index (κ1) is 26.6. The van der Waals surface area contributed by atoms with E-state index >= 15 is 0 Å². The van der Waals surface area contributed by atoms with Gasteiger partial charge in [0.05, 0.1) is 17.9 Å². The molecule has 0 bridgehead atoms. The van der Waals surface area contributed by atoms with Gasteiger partial charge in [-0.15, -0.1) is 0 Å². The standard InChI is InChI=1S/C26H25Br2FN2O4S/c1-2-35-24-10-8-19(28)16-25(24)36(33,34)30-23-6-4-3-5-21(23)26(32)31-13-11-17(12-14-31)20-9-7-18(27)15-22(20)29/h3-10,15-17,30H,2,11-14H2,1H3. The Hall–Kier alpha value is -2.43. The summed E-state index contributed by atoms with van der Waals surface area (Å²) in [5.41, 5.74) is 1.09. The number of hydrogen-bond acceptors (Lipinski definition) is 4. The van der Waals surface area contributed by atoms with Crippen molar-refractivity contribution in [1.29, 1.82) is 0 Å². The smallest absolute Gasteiger partial charge is 0.265 e. The molecule has 10 heteroatoms. The van der Waals surface area contributed by atoms with Crippen LogP contribution in [0.3, 0.4) is 0 Å². The predicted octanol–water partition coefficient (Wildman–Crippen LogP) is 6.57. The average molecular weight is 640 g/mol. The molecule has 1 amide bonds. The van der Waals surface area contributed by atoms with E-state index < -0.39 is 10.0 Å². The van der Waals surface area contributed by atoms with Gasteiger partial charge >= 0.3 is 0 Å². The van der Waals surface area contributed by atoms with Crippen molar-refractivity contribution in [3.05, 3.63) is 86.6 Å². The van der Waals surface area contributed by atoms with Crippen molar-refractivity contribution >= 4 is 53.5 Å². The Morgan fingerprint density at radius 1 is 1.06 bits per heavy atom. The van der Waals surface area contributed by atoms with Crippen LogP contribution in [-0.4, -0.2) is 38.9 Å². The molecular weight excluding hydrogens is 615 g/mol. The van der Waals surface area contributed by atoms with Crippen molar-refractivity contribution in [3.63, 3.8) is 0 Å². The summed E-state index contributed by atoms with van der Waals surface area (Å²) in [7, 11) is -4.05. The third-order valence-corrected chi connectivity index (χ3v) is 8.45. The zero-order chi connectivity index (χ0) is 25.9. The highest BCUT2D eigenvalue weighted by Gasteiger charge is 2.29. The van der Waals surface area contributed by atoms with Gasteiger partial charge in [0.25, 0.3) is 15.9 Å². The molecule has 1 aliphatic rings. The molecule has 36 heavy (non-hydrogen) atoms. The number of carbonyl (C=O) groups is 1. The van der Waals surface area contributed by atoms with Crippen LogP contribution in [0.15, 0.2) is 74.5 Å². The Morgan fingerprint density at radius 3 is 2.42 bits per heavy atom. The van der Waals surface area contributed by atoms with E-state index in [0.717, 1.165) is 0 Å². The minimum Gasteiger partial charge on any atom is -0.492 e. The summed E-state index contributed by atoms with van der Waals surface area (Å²) < 4.78 is 50.3. The van der Waals surface area contributed by atoms with Crippen molar-refractivity contribution in [2.45, 2.75) is 30.6 Å². The number of halogens is 3. The molecule has 4 rings (SSSR count). The fourth-order valence-corrected chi connectivity index (χ4v) is 6.42. The van der Waals surface area contributed by atoms with Crippen LogP contribution in [0.1, 0.15) is 41.6 Å². The van der Waals surface area contributed by atoms with Crippen molar-refractivity contribution in [2.24, 2.45) is 0 Å². The van der Waals surface area contributed by atoms with Gasteiger partial charge in [-0.1, -0.05) is 50.1 Å². The van der Waals surface area contributed by atoms with Gasteiger partial charge in [0.15, 0.2) is 0 Å². The van der Waals surface area contributed by atoms with E-state index in [2.05, 4.69) is 36.6 Å². The quantitative estimate of drug-likeness (QED) is 0.317. The van der Waals surface area contributed by atoms with Crippen LogP contribution in [0.25, 0.3) is 0 Å². The summed E-state index contributed by atoms with van der Waals surface area (Å²) in [5.74, 6) is -0.293. The minimum absolute atomic E-state index is 0.0180. The molecule has 0 aliphatic carbocycles. The molecule has 1 fully saturated rings. The number of nitrogens with one attached hydrogen (secondary N) is 1. The highest BCUT2D eigenvalue weighted by molar-refractivity contribution is 9.10. The molecule has 0 saturated carbocycles. The van der Waals surface area contributed by atoms with Crippen LogP contribution >= 0.6 is 31.9 Å². The zero-order valence-corrected chi connectivity index (χ0v) is 23.5. The number of benzene rings is 3. The SMILES string of the molecule is CCOc1ccc(Br)cc1S(=O)(=O)Nc1ccccc1C(=O)N1CCC(c2ccc(Br)cc2F)CC1. The molecule has 0 aromatic heterocycles. The van der Waals surface area contributed by atoms with Gasteiger partial charge in [0.1, 0.15) is 16.5 Å². The normalized spacial score (nSPS) is 14.5. The number of carbonyl (C=O) groups excluding carboxylic acids is 1. The van der Waals surface area contributed by atoms with E-state index in [4.69, 9.17) is 4.74 Å². The van der Waals surface area contributed by atoms with Crippen LogP contribution in [0.4, 0.5) is 10.1 Å². The van der Waals surface area contributed by atoms with Crippen molar-refractivity contribution < 1.29 is 22.3 Å². The molecule has 0 atom stereocenters. The summed E-state index contributed by atoms with van der Waals surface area (Å²) in [4.78, 5) is 15.1. The molecule has 1 heterocycles. The van der Waals surface area contributed by atoms with Gasteiger partial charge in [0.2, 0.25) is 0 Å². The van der Waals surface area contributed by atoms with Crippen LogP contribution in [0, 0.1) is 5.82 Å². The van der Waals surface area contributed by atoms with E-state index in [-0.39, 0.29) is 39.5 Å². The van der Waals surface area contributed by atoms with Crippen LogP contribution in [-0.2, 0) is 10.0 Å². The van der Waals surface area contributed by atoms with E-state index in [9.17, 15) is 17.6 Å². The Bertz CT molecular complexity index is 1380. The van der Waals surface area contributed by atoms with Gasteiger partial charge in [-0.2, -0.15) is 0 Å². The average Bonchev–Trinajstić information content (AvgIpc) is 2.85. The number of piperidine rings is 1. The summed E-state index contributed by atoms with van der Waals surface area (Å²) in [5, 5.41) is 0. The van der Waals surface area contributed by atoms with Crippen LogP contribution in [0.5, 0.6) is 5.75 Å². The second-order valence-electron chi connectivity index (χ2n) is 8.41. The third kappa shape index (κ3) is 5.92. The van der Waals surface area contributed by atoms with Gasteiger partial charge in [-0.05, 0) is 73.7 Å². The highest BCUT2D eigenvalue weighted by Crippen LogP contribution is 2.33. The first-order valence-electron chi connectivity index (χ1n) is 11.5. The third-order valence-electron chi connectivity index (χ3n) is 6.08. The van der Waals surface area contributed by atoms with E-state index in [1.165, 1.54) is 12.1 Å². The Kier molecular flexibility index (Phi) is 8.37. The number of hydrogen-bond donors (Lipinski definition) is 1. The molecule has 0 unspecified atom stereocenters. The lowest BCUT2D eigenvalue weighted by molar-refractivity contribution is 0.0713. The molecule has 1 saturated heterocycles. The Labute approximate surface area is 227 Å². The number of anilines is 1. The first-order chi connectivity index (χ1) is 17.2. The van der Waals surface area contributed by atoms with E-state index in [0.29, 0.717) is 47.0 Å². The van der Waals surface area contributed by atoms with Gasteiger partial charge in [0, 0.05) is 22.0 Å². The maximum atomic E-state index is 14.4. The molecule has 6 nitrogen and oxygen atoms in total. The second-order valence-corrected chi connectivity index (χ2v) is 11.9. The number of para-hydroxylation sites is 1. The fourth-order valence-electron chi connectivity index (χ4n) is 4.32. The summed E-state index contributed by atoms with van der Waals surface area (Å²) in [6, 6.07) is 16.3. The monoisotopic (exact) mass is 638 g/mol. The molecule has 1 aliphatic heterocycles. The summed E-state index contributed by atoms with van der Waals surface area (Å²) in [6.45, 7) is 2.97. The molecule has 0 spiro atoms. The molecule has 0 radical (unpaired) electrons. The Balaban J connectivity index is 1.53. The predicted molar refractivity (Wildman–Crippen MR) is 145 cm³/mol. The fraction of sp³-hybridized carbons (Fsp3) is 0.269. The second kappa shape index (κ2) is 11.3. The highest BCUT2D eigenvalue weighted by atomic mass is 79.9. The maximum absolute atomic E-state index is 14.4. The first-order valence-corrected chi connectivity index (χ1v) is 14.5. The van der Waals surface area contributed by atoms with Crippen LogP contribution < -0.4 is 9.46 Å². The van der Waals surface area contributed by atoms with Crippen molar-refractivity contribution in [3.8, 4) is 5.75 Å². The van der Waals surface area contributed by atoms with Crippen LogP contribution in [0.2, 0.25) is 0 Å². The molecule has 1 N–H and O–H groups in total. The van der Waals surface area contributed by atoms with Gasteiger partial charge < -0.3 is 9.64 Å². The molecular formula is C26H25Br2FN2O4S. The molecule has 190 valence electrons. The minimum atomic E-state index is -4.05. The number of sulfonamides is 1. The van der Waals surface area contributed by atoms with E-state index in [1.807, 2.05) is 6.07 Å². The zero-order valence-electron chi connectivity index (χ0n) is 19.5. The van der Waals surface area contributed by atoms with Crippen molar-refractivity contribution in [1.82, 2.24) is 4.90 Å². The lowest BCUT2D eigenvalue weighted by atomic mass is 9.89. The summed E-state index contributed by atoms with van der Waals surface area (Å²) in [6.07, 6.45) is 1.24. The van der Waals surface area contributed by atoms with Crippen molar-refractivity contribution in [2.75, 3.05) is 24.4 Å². The lowest BCUT2D eigenvalue weighted by Crippen LogP contribution is -2.38. The topological polar surface area (TPSA) is 75.7 Å². The number of amides is 1. The summed E-state index contributed by atoms with van der Waals surface area (Å²) >= 11 is 6.59. The molecule has 3 aromatic rings.